The molecule has 21 heavy (non-hydrogen) atoms. The Morgan fingerprint density at radius 1 is 1.43 bits per heavy atom. The lowest BCUT2D eigenvalue weighted by Gasteiger charge is -2.22. The van der Waals surface area contributed by atoms with Crippen LogP contribution in [-0.4, -0.2) is 22.4 Å². The number of H-pyrrole nitrogens is 1. The molecule has 3 rings (SSSR count). The molecule has 0 unspecified atom stereocenters. The molecule has 2 aliphatic rings. The fraction of sp³-hybridized carbons (Fsp3) is 0.688. The predicted octanol–water partition coefficient (Wildman–Crippen LogP) is 1.71. The van der Waals surface area contributed by atoms with Gasteiger partial charge >= 0.3 is 0 Å². The minimum Gasteiger partial charge on any atom is -0.355 e. The summed E-state index contributed by atoms with van der Waals surface area (Å²) in [6, 6.07) is 1.47. The Kier molecular flexibility index (Phi) is 3.83. The van der Waals surface area contributed by atoms with Crippen LogP contribution in [0.4, 0.5) is 0 Å². The highest BCUT2D eigenvalue weighted by molar-refractivity contribution is 5.82. The zero-order chi connectivity index (χ0) is 14.9. The van der Waals surface area contributed by atoms with Crippen LogP contribution in [-0.2, 0) is 11.2 Å². The molecule has 1 amide bonds. The van der Waals surface area contributed by atoms with Gasteiger partial charge in [0.1, 0.15) is 5.82 Å². The first-order chi connectivity index (χ1) is 10.1. The van der Waals surface area contributed by atoms with E-state index >= 15 is 0 Å². The number of aromatic nitrogens is 2. The van der Waals surface area contributed by atoms with Gasteiger partial charge in [-0.3, -0.25) is 9.59 Å². The number of aryl methyl sites for hydroxylation is 1. The summed E-state index contributed by atoms with van der Waals surface area (Å²) in [7, 11) is 0. The van der Waals surface area contributed by atoms with E-state index in [-0.39, 0.29) is 17.4 Å². The van der Waals surface area contributed by atoms with Crippen molar-refractivity contribution in [2.24, 2.45) is 11.3 Å². The molecule has 0 radical (unpaired) electrons. The second kappa shape index (κ2) is 5.62. The van der Waals surface area contributed by atoms with Crippen molar-refractivity contribution in [3.63, 3.8) is 0 Å². The molecule has 5 heteroatoms. The molecule has 0 saturated heterocycles. The molecule has 114 valence electrons. The summed E-state index contributed by atoms with van der Waals surface area (Å²) >= 11 is 0. The first kappa shape index (κ1) is 14.3. The summed E-state index contributed by atoms with van der Waals surface area (Å²) < 4.78 is 0. The van der Waals surface area contributed by atoms with Crippen LogP contribution in [0.2, 0.25) is 0 Å². The van der Waals surface area contributed by atoms with Crippen LogP contribution in [0.5, 0.6) is 0 Å². The van der Waals surface area contributed by atoms with Crippen LogP contribution in [0.3, 0.4) is 0 Å². The van der Waals surface area contributed by atoms with Crippen LogP contribution in [0.15, 0.2) is 10.9 Å². The van der Waals surface area contributed by atoms with E-state index in [9.17, 15) is 9.59 Å². The van der Waals surface area contributed by atoms with E-state index in [1.165, 1.54) is 38.2 Å². The molecule has 2 saturated carbocycles. The van der Waals surface area contributed by atoms with E-state index in [1.54, 1.807) is 6.92 Å². The summed E-state index contributed by atoms with van der Waals surface area (Å²) in [5.41, 5.74) is 0.911. The minimum atomic E-state index is -0.132. The van der Waals surface area contributed by atoms with Crippen LogP contribution < -0.4 is 10.9 Å². The Bertz CT molecular complexity index is 587. The Morgan fingerprint density at radius 2 is 2.19 bits per heavy atom. The van der Waals surface area contributed by atoms with E-state index in [1.807, 2.05) is 0 Å². The van der Waals surface area contributed by atoms with Gasteiger partial charge in [-0.05, 0) is 31.6 Å². The summed E-state index contributed by atoms with van der Waals surface area (Å²) in [4.78, 5) is 30.5. The van der Waals surface area contributed by atoms with Crippen LogP contribution in [0.1, 0.15) is 50.0 Å². The van der Waals surface area contributed by atoms with Gasteiger partial charge in [-0.25, -0.2) is 4.98 Å². The Hall–Kier alpha value is -1.65. The molecule has 2 N–H and O–H groups in total. The number of rotatable bonds is 4. The monoisotopic (exact) mass is 289 g/mol. The van der Waals surface area contributed by atoms with E-state index in [0.717, 1.165) is 6.42 Å². The van der Waals surface area contributed by atoms with Crippen molar-refractivity contribution < 1.29 is 4.79 Å². The second-order valence-corrected chi connectivity index (χ2v) is 6.55. The molecule has 0 aliphatic heterocycles. The van der Waals surface area contributed by atoms with Gasteiger partial charge < -0.3 is 10.3 Å². The highest BCUT2D eigenvalue weighted by Gasteiger charge is 2.57. The van der Waals surface area contributed by atoms with Crippen molar-refractivity contribution in [1.29, 1.82) is 0 Å². The number of carbonyl (C=O) groups is 1. The van der Waals surface area contributed by atoms with Gasteiger partial charge in [0.15, 0.2) is 0 Å². The fourth-order valence-electron chi connectivity index (χ4n) is 3.71. The minimum absolute atomic E-state index is 0.132. The highest BCUT2D eigenvalue weighted by atomic mass is 16.2. The number of hydrogen-bond acceptors (Lipinski definition) is 3. The van der Waals surface area contributed by atoms with Crippen molar-refractivity contribution in [3.05, 3.63) is 27.9 Å². The van der Waals surface area contributed by atoms with Crippen molar-refractivity contribution >= 4 is 5.91 Å². The first-order valence-corrected chi connectivity index (χ1v) is 7.94. The van der Waals surface area contributed by atoms with E-state index < -0.39 is 0 Å². The first-order valence-electron chi connectivity index (χ1n) is 7.94. The number of amides is 1. The predicted molar refractivity (Wildman–Crippen MR) is 79.9 cm³/mol. The summed E-state index contributed by atoms with van der Waals surface area (Å²) in [6.45, 7) is 2.34. The molecular weight excluding hydrogens is 266 g/mol. The third-order valence-electron chi connectivity index (χ3n) is 4.94. The molecule has 1 aromatic rings. The van der Waals surface area contributed by atoms with Crippen molar-refractivity contribution in [1.82, 2.24) is 15.3 Å². The third-order valence-corrected chi connectivity index (χ3v) is 4.94. The average Bonchev–Trinajstić information content (AvgIpc) is 3.12. The number of carbonyl (C=O) groups excluding carboxylic acids is 1. The number of hydrogen-bond donors (Lipinski definition) is 2. The van der Waals surface area contributed by atoms with Gasteiger partial charge in [0.25, 0.3) is 5.56 Å². The maximum absolute atomic E-state index is 12.2. The molecule has 1 atom stereocenters. The summed E-state index contributed by atoms with van der Waals surface area (Å²) in [6.07, 6.45) is 7.95. The van der Waals surface area contributed by atoms with Crippen LogP contribution in [0, 0.1) is 18.3 Å². The van der Waals surface area contributed by atoms with E-state index in [2.05, 4.69) is 15.3 Å². The van der Waals surface area contributed by atoms with Gasteiger partial charge in [0.05, 0.1) is 0 Å². The van der Waals surface area contributed by atoms with Crippen molar-refractivity contribution in [2.45, 2.75) is 51.9 Å². The van der Waals surface area contributed by atoms with Crippen LogP contribution in [0.25, 0.3) is 0 Å². The highest BCUT2D eigenvalue weighted by Crippen LogP contribution is 2.61. The standard InChI is InChI=1S/C16H23N3O2/c1-11-9-14(20)19-13(18-11)5-8-17-15(21)12-10-16(12)6-3-2-4-7-16/h9,12H,2-8,10H2,1H3,(H,17,21)(H,18,19,20)/t12-/m0/s1. The van der Waals surface area contributed by atoms with Gasteiger partial charge in [-0.15, -0.1) is 0 Å². The zero-order valence-corrected chi connectivity index (χ0v) is 12.6. The SMILES string of the molecule is Cc1cc(=O)[nH]c(CCNC(=O)[C@@H]2CC23CCCCC3)n1. The van der Waals surface area contributed by atoms with Crippen molar-refractivity contribution in [3.8, 4) is 0 Å². The lowest BCUT2D eigenvalue weighted by molar-refractivity contribution is -0.123. The zero-order valence-electron chi connectivity index (χ0n) is 12.6. The molecule has 1 spiro atoms. The molecule has 1 aromatic heterocycles. The Balaban J connectivity index is 1.47. The lowest BCUT2D eigenvalue weighted by atomic mass is 9.84. The molecule has 1 heterocycles. The summed E-state index contributed by atoms with van der Waals surface area (Å²) in [5, 5.41) is 3.00. The summed E-state index contributed by atoms with van der Waals surface area (Å²) in [5.74, 6) is 1.05. The third kappa shape index (κ3) is 3.17. The maximum atomic E-state index is 12.2. The number of nitrogens with zero attached hydrogens (tertiary/aromatic N) is 1. The van der Waals surface area contributed by atoms with E-state index in [4.69, 9.17) is 0 Å². The van der Waals surface area contributed by atoms with E-state index in [0.29, 0.717) is 29.9 Å². The molecular formula is C16H23N3O2. The van der Waals surface area contributed by atoms with Gasteiger partial charge in [0, 0.05) is 30.6 Å². The molecule has 5 nitrogen and oxygen atoms in total. The number of nitrogens with one attached hydrogen (secondary N) is 2. The largest absolute Gasteiger partial charge is 0.355 e. The smallest absolute Gasteiger partial charge is 0.251 e. The second-order valence-electron chi connectivity index (χ2n) is 6.55. The Morgan fingerprint density at radius 3 is 2.90 bits per heavy atom. The van der Waals surface area contributed by atoms with Crippen LogP contribution >= 0.6 is 0 Å². The quantitative estimate of drug-likeness (QED) is 0.886. The van der Waals surface area contributed by atoms with Crippen molar-refractivity contribution in [2.75, 3.05) is 6.54 Å². The normalized spacial score (nSPS) is 23.0. The molecule has 2 aliphatic carbocycles. The van der Waals surface area contributed by atoms with Gasteiger partial charge in [-0.1, -0.05) is 19.3 Å². The fourth-order valence-corrected chi connectivity index (χ4v) is 3.71. The molecule has 0 bridgehead atoms. The van der Waals surface area contributed by atoms with Gasteiger partial charge in [-0.2, -0.15) is 0 Å². The van der Waals surface area contributed by atoms with Gasteiger partial charge in [0.2, 0.25) is 5.91 Å². The lowest BCUT2D eigenvalue weighted by Crippen LogP contribution is -2.30. The maximum Gasteiger partial charge on any atom is 0.251 e. The topological polar surface area (TPSA) is 74.8 Å². The Labute approximate surface area is 124 Å². The average molecular weight is 289 g/mol. The number of aromatic amines is 1. The molecule has 0 aromatic carbocycles. The molecule has 2 fully saturated rings.